The molecule has 9 heteroatoms. The first-order valence-corrected chi connectivity index (χ1v) is 15.5. The molecule has 0 aliphatic carbocycles. The fourth-order valence-corrected chi connectivity index (χ4v) is 6.48. The standard InChI is InChI=1S/C19H17NO3S.C12H12BrNO2/c21-18-14-7-1-2-8-15(14)19(22)20(18)10-11-23-16-9-3-5-13-6-4-12-24-17(13)16;13-7-3-4-8-14-11(15)9-5-1-2-6-10(9)12(14)16/h1-3,5,7-9H,4,6,10-12H2;1-2,5-6H,3-4,7-8H2. The lowest BCUT2D eigenvalue weighted by atomic mass is 10.1. The Balaban J connectivity index is 0.000000176. The number of ether oxygens (including phenoxy) is 1. The lowest BCUT2D eigenvalue weighted by Gasteiger charge is -2.20. The molecule has 206 valence electrons. The summed E-state index contributed by atoms with van der Waals surface area (Å²) in [6.07, 6.45) is 4.08. The summed E-state index contributed by atoms with van der Waals surface area (Å²) in [4.78, 5) is 52.3. The molecule has 0 unspecified atom stereocenters. The van der Waals surface area contributed by atoms with E-state index in [1.54, 1.807) is 48.5 Å². The SMILES string of the molecule is O=C1c2ccccc2C(=O)N1CCCCBr.O=C1c2ccccc2C(=O)N1CCOc1cccc2c1SCCC2. The Kier molecular flexibility index (Phi) is 9.01. The summed E-state index contributed by atoms with van der Waals surface area (Å²) < 4.78 is 5.89. The Morgan fingerprint density at radius 2 is 1.25 bits per heavy atom. The van der Waals surface area contributed by atoms with E-state index in [-0.39, 0.29) is 30.2 Å². The molecule has 3 aliphatic heterocycles. The van der Waals surface area contributed by atoms with Gasteiger partial charge >= 0.3 is 0 Å². The second-order valence-corrected chi connectivity index (χ2v) is 11.5. The van der Waals surface area contributed by atoms with Gasteiger partial charge in [0.05, 0.1) is 33.7 Å². The molecule has 0 N–H and O–H groups in total. The maximum atomic E-state index is 12.3. The van der Waals surface area contributed by atoms with Crippen LogP contribution >= 0.6 is 27.7 Å². The number of benzene rings is 3. The van der Waals surface area contributed by atoms with Gasteiger partial charge in [-0.3, -0.25) is 29.0 Å². The molecule has 0 fully saturated rings. The number of amides is 4. The summed E-state index contributed by atoms with van der Waals surface area (Å²) in [5.41, 5.74) is 3.35. The summed E-state index contributed by atoms with van der Waals surface area (Å²) in [7, 11) is 0. The van der Waals surface area contributed by atoms with Crippen molar-refractivity contribution in [2.75, 3.05) is 30.8 Å². The third kappa shape index (κ3) is 5.71. The molecule has 0 spiro atoms. The lowest BCUT2D eigenvalue weighted by Crippen LogP contribution is -2.33. The van der Waals surface area contributed by atoms with E-state index in [0.29, 0.717) is 35.4 Å². The van der Waals surface area contributed by atoms with Crippen LogP contribution < -0.4 is 4.74 Å². The van der Waals surface area contributed by atoms with Crippen molar-refractivity contribution in [2.45, 2.75) is 30.6 Å². The minimum absolute atomic E-state index is 0.157. The number of hydrogen-bond acceptors (Lipinski definition) is 6. The molecule has 0 bridgehead atoms. The molecule has 0 saturated carbocycles. The minimum Gasteiger partial charge on any atom is -0.491 e. The summed E-state index contributed by atoms with van der Waals surface area (Å²) in [5, 5.41) is 0.899. The molecule has 3 aromatic rings. The van der Waals surface area contributed by atoms with Gasteiger partial charge in [0.1, 0.15) is 12.4 Å². The highest BCUT2D eigenvalue weighted by molar-refractivity contribution is 9.09. The molecular weight excluding hydrogens is 592 g/mol. The van der Waals surface area contributed by atoms with Crippen LogP contribution in [0.1, 0.15) is 66.3 Å². The Morgan fingerprint density at radius 1 is 0.700 bits per heavy atom. The monoisotopic (exact) mass is 620 g/mol. The smallest absolute Gasteiger partial charge is 0.261 e. The van der Waals surface area contributed by atoms with Crippen molar-refractivity contribution in [1.82, 2.24) is 9.80 Å². The van der Waals surface area contributed by atoms with E-state index in [4.69, 9.17) is 4.74 Å². The third-order valence-corrected chi connectivity index (χ3v) is 8.80. The van der Waals surface area contributed by atoms with Crippen molar-refractivity contribution in [2.24, 2.45) is 0 Å². The maximum absolute atomic E-state index is 12.3. The van der Waals surface area contributed by atoms with Crippen LogP contribution in [-0.4, -0.2) is 64.2 Å². The van der Waals surface area contributed by atoms with Gasteiger partial charge in [-0.15, -0.1) is 11.8 Å². The number of unbranched alkanes of at least 4 members (excludes halogenated alkanes) is 1. The number of thioether (sulfide) groups is 1. The minimum atomic E-state index is -0.233. The molecule has 4 amide bonds. The number of nitrogens with zero attached hydrogens (tertiary/aromatic N) is 2. The van der Waals surface area contributed by atoms with Gasteiger partial charge < -0.3 is 4.74 Å². The molecule has 40 heavy (non-hydrogen) atoms. The number of carbonyl (C=O) groups excluding carboxylic acids is 4. The van der Waals surface area contributed by atoms with Crippen LogP contribution in [0.4, 0.5) is 0 Å². The molecule has 3 heterocycles. The summed E-state index contributed by atoms with van der Waals surface area (Å²) in [6.45, 7) is 1.08. The van der Waals surface area contributed by atoms with Gasteiger partial charge in [-0.25, -0.2) is 0 Å². The van der Waals surface area contributed by atoms with E-state index in [1.807, 2.05) is 23.9 Å². The Morgan fingerprint density at radius 3 is 1.80 bits per heavy atom. The van der Waals surface area contributed by atoms with E-state index < -0.39 is 0 Å². The number of fused-ring (bicyclic) bond motifs is 3. The summed E-state index contributed by atoms with van der Waals surface area (Å²) >= 11 is 5.15. The first kappa shape index (κ1) is 28.1. The van der Waals surface area contributed by atoms with Crippen LogP contribution in [0.25, 0.3) is 0 Å². The van der Waals surface area contributed by atoms with Crippen molar-refractivity contribution < 1.29 is 23.9 Å². The van der Waals surface area contributed by atoms with E-state index in [1.165, 1.54) is 26.7 Å². The number of alkyl halides is 1. The number of aryl methyl sites for hydroxylation is 1. The van der Waals surface area contributed by atoms with Crippen LogP contribution in [0, 0.1) is 0 Å². The average molecular weight is 622 g/mol. The molecule has 0 aromatic heterocycles. The average Bonchev–Trinajstić information content (AvgIpc) is 3.38. The fourth-order valence-electron chi connectivity index (χ4n) is 4.97. The zero-order valence-corrected chi connectivity index (χ0v) is 24.3. The Labute approximate surface area is 246 Å². The summed E-state index contributed by atoms with van der Waals surface area (Å²) in [5.74, 6) is 1.18. The number of imide groups is 2. The lowest BCUT2D eigenvalue weighted by molar-refractivity contribution is 0.0623. The normalized spacial score (nSPS) is 15.4. The zero-order chi connectivity index (χ0) is 28.1. The van der Waals surface area contributed by atoms with Gasteiger partial charge in [-0.2, -0.15) is 0 Å². The van der Waals surface area contributed by atoms with E-state index in [0.717, 1.165) is 36.1 Å². The largest absolute Gasteiger partial charge is 0.491 e. The van der Waals surface area contributed by atoms with Gasteiger partial charge in [-0.1, -0.05) is 52.3 Å². The van der Waals surface area contributed by atoms with Crippen LogP contribution in [0.3, 0.4) is 0 Å². The van der Waals surface area contributed by atoms with Gasteiger partial charge in [0.25, 0.3) is 23.6 Å². The first-order chi connectivity index (χ1) is 19.5. The molecule has 0 saturated heterocycles. The molecule has 6 rings (SSSR count). The van der Waals surface area contributed by atoms with Gasteiger partial charge in [0, 0.05) is 11.9 Å². The van der Waals surface area contributed by atoms with Crippen LogP contribution in [0.5, 0.6) is 5.75 Å². The number of rotatable bonds is 8. The number of carbonyl (C=O) groups is 4. The fraction of sp³-hybridized carbons (Fsp3) is 0.290. The first-order valence-electron chi connectivity index (χ1n) is 13.3. The summed E-state index contributed by atoms with van der Waals surface area (Å²) in [6, 6.07) is 20.0. The van der Waals surface area contributed by atoms with Crippen LogP contribution in [0.2, 0.25) is 0 Å². The maximum Gasteiger partial charge on any atom is 0.261 e. The van der Waals surface area contributed by atoms with Crippen molar-refractivity contribution in [3.05, 3.63) is 94.5 Å². The topological polar surface area (TPSA) is 84.0 Å². The molecule has 7 nitrogen and oxygen atoms in total. The molecule has 0 atom stereocenters. The van der Waals surface area contributed by atoms with Crippen molar-refractivity contribution in [3.63, 3.8) is 0 Å². The zero-order valence-electron chi connectivity index (χ0n) is 21.9. The predicted molar refractivity (Wildman–Crippen MR) is 158 cm³/mol. The molecule has 0 radical (unpaired) electrons. The highest BCUT2D eigenvalue weighted by Crippen LogP contribution is 2.37. The van der Waals surface area contributed by atoms with E-state index in [2.05, 4.69) is 22.0 Å². The van der Waals surface area contributed by atoms with Crippen LogP contribution in [0.15, 0.2) is 71.6 Å². The number of halogens is 1. The van der Waals surface area contributed by atoms with Crippen molar-refractivity contribution >= 4 is 51.3 Å². The van der Waals surface area contributed by atoms with Gasteiger partial charge in [0.15, 0.2) is 0 Å². The van der Waals surface area contributed by atoms with Crippen LogP contribution in [-0.2, 0) is 6.42 Å². The van der Waals surface area contributed by atoms with E-state index >= 15 is 0 Å². The van der Waals surface area contributed by atoms with Gasteiger partial charge in [0.2, 0.25) is 0 Å². The van der Waals surface area contributed by atoms with Crippen molar-refractivity contribution in [3.8, 4) is 5.75 Å². The Hall–Kier alpha value is -3.43. The molecular formula is C31H29BrN2O5S. The number of hydrogen-bond donors (Lipinski definition) is 0. The second kappa shape index (κ2) is 12.8. The van der Waals surface area contributed by atoms with E-state index in [9.17, 15) is 19.2 Å². The Bertz CT molecular complexity index is 1390. The molecule has 3 aliphatic rings. The highest BCUT2D eigenvalue weighted by Gasteiger charge is 2.35. The molecule has 3 aromatic carbocycles. The third-order valence-electron chi connectivity index (χ3n) is 6.99. The second-order valence-electron chi connectivity index (χ2n) is 9.56. The quantitative estimate of drug-likeness (QED) is 0.178. The highest BCUT2D eigenvalue weighted by atomic mass is 79.9. The van der Waals surface area contributed by atoms with Crippen molar-refractivity contribution in [1.29, 1.82) is 0 Å². The van der Waals surface area contributed by atoms with Gasteiger partial charge in [-0.05, 0) is 67.3 Å². The predicted octanol–water partition coefficient (Wildman–Crippen LogP) is 5.86.